The van der Waals surface area contributed by atoms with Crippen molar-refractivity contribution in [2.75, 3.05) is 6.54 Å². The van der Waals surface area contributed by atoms with Crippen LogP contribution in [-0.4, -0.2) is 21.9 Å². The van der Waals surface area contributed by atoms with Gasteiger partial charge in [0.1, 0.15) is 0 Å². The topological polar surface area (TPSA) is 25.2 Å². The van der Waals surface area contributed by atoms with Gasteiger partial charge >= 0.3 is 0 Å². The minimum atomic E-state index is 0.294. The quantitative estimate of drug-likeness (QED) is 0.269. The number of amides is 1. The van der Waals surface area contributed by atoms with Crippen molar-refractivity contribution in [1.82, 2.24) is 9.47 Å². The van der Waals surface area contributed by atoms with Gasteiger partial charge in [0.2, 0.25) is 5.91 Å². The fourth-order valence-corrected chi connectivity index (χ4v) is 3.98. The van der Waals surface area contributed by atoms with Crippen molar-refractivity contribution in [3.63, 3.8) is 0 Å². The molecular weight excluding hydrogens is 392 g/mol. The highest BCUT2D eigenvalue weighted by atomic mass is 35.5. The first-order chi connectivity index (χ1) is 14.7. The molecule has 0 saturated heterocycles. The number of halogens is 1. The lowest BCUT2D eigenvalue weighted by molar-refractivity contribution is -0.132. The number of hydrogen-bond donors (Lipinski definition) is 0. The first-order valence-electron chi connectivity index (χ1n) is 11.8. The van der Waals surface area contributed by atoms with Crippen LogP contribution in [0.15, 0.2) is 42.6 Å². The number of hydrogen-bond acceptors (Lipinski definition) is 1. The Balaban J connectivity index is 1.90. The molecule has 0 atom stereocenters. The molecule has 1 amide bonds. The van der Waals surface area contributed by atoms with Crippen LogP contribution in [0.4, 0.5) is 0 Å². The van der Waals surface area contributed by atoms with Crippen molar-refractivity contribution in [3.8, 4) is 0 Å². The van der Waals surface area contributed by atoms with Crippen molar-refractivity contribution in [2.24, 2.45) is 0 Å². The van der Waals surface area contributed by atoms with Gasteiger partial charge in [-0.15, -0.1) is 0 Å². The van der Waals surface area contributed by atoms with Crippen LogP contribution < -0.4 is 0 Å². The van der Waals surface area contributed by atoms with Gasteiger partial charge < -0.3 is 9.47 Å². The maximum absolute atomic E-state index is 12.9. The van der Waals surface area contributed by atoms with E-state index in [1.54, 1.807) is 0 Å². The average molecular weight is 431 g/mol. The Morgan fingerprint density at radius 3 is 2.33 bits per heavy atom. The standard InChI is InChI=1S/C26H39ClN2O/c1-3-5-7-8-9-10-11-18-26(30)29(19-6-4-2)22-24-16-14-20-28(24)21-23-15-12-13-17-25(23)27/h12-17,20H,3-11,18-19,21-22H2,1-2H3. The van der Waals surface area contributed by atoms with E-state index in [0.717, 1.165) is 42.9 Å². The monoisotopic (exact) mass is 430 g/mol. The van der Waals surface area contributed by atoms with Crippen LogP contribution in [-0.2, 0) is 17.9 Å². The van der Waals surface area contributed by atoms with E-state index in [1.165, 1.54) is 44.2 Å². The molecule has 0 spiro atoms. The number of carbonyl (C=O) groups excluding carboxylic acids is 1. The molecule has 1 aromatic heterocycles. The van der Waals surface area contributed by atoms with Gasteiger partial charge in [-0.3, -0.25) is 4.79 Å². The number of nitrogens with zero attached hydrogens (tertiary/aromatic N) is 2. The molecule has 0 unspecified atom stereocenters. The van der Waals surface area contributed by atoms with Crippen LogP contribution in [0.2, 0.25) is 5.02 Å². The second-order valence-electron chi connectivity index (χ2n) is 8.26. The lowest BCUT2D eigenvalue weighted by Gasteiger charge is -2.24. The molecule has 2 aromatic rings. The Bertz CT molecular complexity index is 740. The fourth-order valence-electron chi connectivity index (χ4n) is 3.79. The molecule has 1 aromatic carbocycles. The predicted molar refractivity (Wildman–Crippen MR) is 128 cm³/mol. The van der Waals surface area contributed by atoms with Crippen LogP contribution in [0.25, 0.3) is 0 Å². The van der Waals surface area contributed by atoms with E-state index in [1.807, 2.05) is 18.2 Å². The van der Waals surface area contributed by atoms with Gasteiger partial charge in [0, 0.05) is 36.4 Å². The number of aromatic nitrogens is 1. The van der Waals surface area contributed by atoms with Gasteiger partial charge in [-0.25, -0.2) is 0 Å². The predicted octanol–water partition coefficient (Wildman–Crippen LogP) is 7.46. The Morgan fingerprint density at radius 1 is 0.900 bits per heavy atom. The Hall–Kier alpha value is -1.74. The minimum Gasteiger partial charge on any atom is -0.345 e. The first-order valence-corrected chi connectivity index (χ1v) is 12.2. The van der Waals surface area contributed by atoms with Gasteiger partial charge in [0.05, 0.1) is 6.54 Å². The normalized spacial score (nSPS) is 11.0. The summed E-state index contributed by atoms with van der Waals surface area (Å²) < 4.78 is 2.21. The highest BCUT2D eigenvalue weighted by Gasteiger charge is 2.15. The zero-order chi connectivity index (χ0) is 21.6. The molecule has 1 heterocycles. The highest BCUT2D eigenvalue weighted by molar-refractivity contribution is 6.31. The summed E-state index contributed by atoms with van der Waals surface area (Å²) in [5, 5.41) is 0.787. The number of benzene rings is 1. The summed E-state index contributed by atoms with van der Waals surface area (Å²) in [5.41, 5.74) is 2.27. The summed E-state index contributed by atoms with van der Waals surface area (Å²) >= 11 is 6.35. The molecule has 0 aliphatic heterocycles. The summed E-state index contributed by atoms with van der Waals surface area (Å²) in [4.78, 5) is 15.0. The molecule has 0 aliphatic carbocycles. The van der Waals surface area contributed by atoms with E-state index < -0.39 is 0 Å². The molecule has 4 heteroatoms. The molecule has 0 fully saturated rings. The fraction of sp³-hybridized carbons (Fsp3) is 0.577. The summed E-state index contributed by atoms with van der Waals surface area (Å²) in [6, 6.07) is 12.1. The first kappa shape index (κ1) is 24.5. The van der Waals surface area contributed by atoms with Crippen molar-refractivity contribution in [3.05, 3.63) is 58.9 Å². The van der Waals surface area contributed by atoms with Gasteiger partial charge in [-0.05, 0) is 36.6 Å². The molecule has 2 rings (SSSR count). The third kappa shape index (κ3) is 8.55. The molecule has 30 heavy (non-hydrogen) atoms. The number of carbonyl (C=O) groups is 1. The Labute approximate surface area is 188 Å². The Morgan fingerprint density at radius 2 is 1.60 bits per heavy atom. The summed E-state index contributed by atoms with van der Waals surface area (Å²) in [7, 11) is 0. The van der Waals surface area contributed by atoms with E-state index in [9.17, 15) is 4.79 Å². The molecule has 0 radical (unpaired) electrons. The van der Waals surface area contributed by atoms with Crippen molar-refractivity contribution >= 4 is 17.5 Å². The smallest absolute Gasteiger partial charge is 0.222 e. The molecule has 0 bridgehead atoms. The van der Waals surface area contributed by atoms with Crippen LogP contribution in [0.5, 0.6) is 0 Å². The van der Waals surface area contributed by atoms with Gasteiger partial charge in [0.25, 0.3) is 0 Å². The van der Waals surface area contributed by atoms with E-state index in [-0.39, 0.29) is 0 Å². The molecule has 166 valence electrons. The van der Waals surface area contributed by atoms with E-state index >= 15 is 0 Å². The van der Waals surface area contributed by atoms with Crippen molar-refractivity contribution in [1.29, 1.82) is 0 Å². The van der Waals surface area contributed by atoms with Gasteiger partial charge in [0.15, 0.2) is 0 Å². The van der Waals surface area contributed by atoms with Crippen LogP contribution in [0.3, 0.4) is 0 Å². The van der Waals surface area contributed by atoms with E-state index in [0.29, 0.717) is 18.9 Å². The second-order valence-corrected chi connectivity index (χ2v) is 8.67. The average Bonchev–Trinajstić information content (AvgIpc) is 3.18. The molecule has 0 aliphatic rings. The van der Waals surface area contributed by atoms with Crippen LogP contribution in [0, 0.1) is 0 Å². The third-order valence-electron chi connectivity index (χ3n) is 5.70. The second kappa shape index (κ2) is 14.3. The molecule has 0 N–H and O–H groups in total. The van der Waals surface area contributed by atoms with Crippen molar-refractivity contribution in [2.45, 2.75) is 91.1 Å². The summed E-state index contributed by atoms with van der Waals surface area (Å²) in [6.07, 6.45) is 13.6. The van der Waals surface area contributed by atoms with Crippen molar-refractivity contribution < 1.29 is 4.79 Å². The molecular formula is C26H39ClN2O. The van der Waals surface area contributed by atoms with E-state index in [2.05, 4.69) is 47.7 Å². The van der Waals surface area contributed by atoms with Gasteiger partial charge in [-0.1, -0.05) is 88.6 Å². The number of rotatable bonds is 15. The lowest BCUT2D eigenvalue weighted by atomic mass is 10.1. The van der Waals surface area contributed by atoms with Crippen LogP contribution in [0.1, 0.15) is 89.3 Å². The number of unbranched alkanes of at least 4 members (excludes halogenated alkanes) is 7. The molecule has 0 saturated carbocycles. The maximum Gasteiger partial charge on any atom is 0.222 e. The SMILES string of the molecule is CCCCCCCCCC(=O)N(CCCC)Cc1cccn1Cc1ccccc1Cl. The lowest BCUT2D eigenvalue weighted by Crippen LogP contribution is -2.32. The van der Waals surface area contributed by atoms with Gasteiger partial charge in [-0.2, -0.15) is 0 Å². The van der Waals surface area contributed by atoms with E-state index in [4.69, 9.17) is 11.6 Å². The molecule has 3 nitrogen and oxygen atoms in total. The summed E-state index contributed by atoms with van der Waals surface area (Å²) in [6.45, 7) is 6.67. The zero-order valence-corrected chi connectivity index (χ0v) is 19.7. The summed E-state index contributed by atoms with van der Waals surface area (Å²) in [5.74, 6) is 0.294. The largest absolute Gasteiger partial charge is 0.345 e. The third-order valence-corrected chi connectivity index (χ3v) is 6.07. The van der Waals surface area contributed by atoms with Crippen LogP contribution >= 0.6 is 11.6 Å². The maximum atomic E-state index is 12.9. The highest BCUT2D eigenvalue weighted by Crippen LogP contribution is 2.19. The Kier molecular flexibility index (Phi) is 11.7. The minimum absolute atomic E-state index is 0.294. The zero-order valence-electron chi connectivity index (χ0n) is 18.9.